The zero-order chi connectivity index (χ0) is 29.2. The zero-order valence-corrected chi connectivity index (χ0v) is 23.0. The standard InChI is InChI=1S/C27H35N7O6/c1-17-7-5-6-8-21(17)30-27(39)31-22-10-9-19(12-24(22)40-4)11-20(36)13-28-14-25-32-34(16-33(25)3)15-23(26(37)38)29-18(2)35/h5-10,12,23,28H,11,13-16H2,1-4H3,(H,29,35)(H,37,38)(H2,30,31,39). The lowest BCUT2D eigenvalue weighted by molar-refractivity contribution is -0.142. The highest BCUT2D eigenvalue weighted by atomic mass is 16.5. The van der Waals surface area contributed by atoms with Crippen LogP contribution in [-0.2, 0) is 20.8 Å². The van der Waals surface area contributed by atoms with E-state index in [-0.39, 0.29) is 25.3 Å². The second kappa shape index (κ2) is 13.9. The molecule has 214 valence electrons. The van der Waals surface area contributed by atoms with Gasteiger partial charge in [-0.3, -0.25) is 14.6 Å². The summed E-state index contributed by atoms with van der Waals surface area (Å²) in [4.78, 5) is 49.5. The van der Waals surface area contributed by atoms with Gasteiger partial charge in [-0.2, -0.15) is 5.10 Å². The first-order valence-electron chi connectivity index (χ1n) is 12.6. The first-order chi connectivity index (χ1) is 19.0. The van der Waals surface area contributed by atoms with E-state index >= 15 is 0 Å². The van der Waals surface area contributed by atoms with E-state index in [1.807, 2.05) is 36.1 Å². The monoisotopic (exact) mass is 553 g/mol. The van der Waals surface area contributed by atoms with E-state index in [4.69, 9.17) is 4.74 Å². The van der Waals surface area contributed by atoms with Crippen molar-refractivity contribution in [3.63, 3.8) is 0 Å². The molecule has 1 heterocycles. The smallest absolute Gasteiger partial charge is 0.328 e. The van der Waals surface area contributed by atoms with Gasteiger partial charge in [0.05, 0.1) is 32.4 Å². The molecule has 2 aromatic rings. The molecule has 2 aromatic carbocycles. The number of aliphatic carboxylic acids is 1. The maximum Gasteiger partial charge on any atom is 0.328 e. The molecular formula is C27H35N7O6. The van der Waals surface area contributed by atoms with E-state index < -0.39 is 23.9 Å². The Morgan fingerprint density at radius 2 is 1.82 bits per heavy atom. The van der Waals surface area contributed by atoms with Crippen LogP contribution in [0.4, 0.5) is 16.2 Å². The number of benzene rings is 2. The first kappa shape index (κ1) is 29.9. The molecule has 5 N–H and O–H groups in total. The van der Waals surface area contributed by atoms with Crippen LogP contribution in [-0.4, -0.2) is 91.0 Å². The van der Waals surface area contributed by atoms with Crippen molar-refractivity contribution in [1.82, 2.24) is 20.5 Å². The van der Waals surface area contributed by atoms with Gasteiger partial charge in [0.15, 0.2) is 5.78 Å². The van der Waals surface area contributed by atoms with Crippen molar-refractivity contribution in [2.75, 3.05) is 51.1 Å². The Morgan fingerprint density at radius 3 is 2.50 bits per heavy atom. The summed E-state index contributed by atoms with van der Waals surface area (Å²) in [5, 5.41) is 26.3. The lowest BCUT2D eigenvalue weighted by Crippen LogP contribution is -2.47. The second-order valence-corrected chi connectivity index (χ2v) is 9.38. The van der Waals surface area contributed by atoms with Crippen molar-refractivity contribution in [2.24, 2.45) is 5.10 Å². The number of nitrogens with zero attached hydrogens (tertiary/aromatic N) is 3. The van der Waals surface area contributed by atoms with Crippen molar-refractivity contribution in [2.45, 2.75) is 26.3 Å². The summed E-state index contributed by atoms with van der Waals surface area (Å²) in [7, 11) is 3.30. The minimum Gasteiger partial charge on any atom is -0.495 e. The number of aryl methyl sites for hydroxylation is 1. The Hall–Kier alpha value is -4.65. The number of carboxylic acids is 1. The van der Waals surface area contributed by atoms with Gasteiger partial charge in [0.1, 0.15) is 24.3 Å². The Kier molecular flexibility index (Phi) is 10.4. The van der Waals surface area contributed by atoms with Crippen LogP contribution in [0, 0.1) is 6.92 Å². The predicted molar refractivity (Wildman–Crippen MR) is 150 cm³/mol. The summed E-state index contributed by atoms with van der Waals surface area (Å²) in [6.07, 6.45) is 0.157. The van der Waals surface area contributed by atoms with Gasteiger partial charge in [0.2, 0.25) is 5.91 Å². The van der Waals surface area contributed by atoms with Crippen LogP contribution in [0.3, 0.4) is 0 Å². The van der Waals surface area contributed by atoms with Crippen LogP contribution in [0.25, 0.3) is 0 Å². The molecule has 0 bridgehead atoms. The molecule has 0 spiro atoms. The predicted octanol–water partition coefficient (Wildman–Crippen LogP) is 1.46. The Balaban J connectivity index is 1.49. The average Bonchev–Trinajstić information content (AvgIpc) is 3.24. The number of hydrogen-bond donors (Lipinski definition) is 5. The number of ether oxygens (including phenoxy) is 1. The molecule has 0 fully saturated rings. The summed E-state index contributed by atoms with van der Waals surface area (Å²) in [6, 6.07) is 11.1. The Labute approximate surface area is 232 Å². The lowest BCUT2D eigenvalue weighted by Gasteiger charge is -2.20. The number of carboxylic acid groups (broad SMARTS) is 1. The van der Waals surface area contributed by atoms with E-state index in [1.54, 1.807) is 30.3 Å². The van der Waals surface area contributed by atoms with E-state index in [2.05, 4.69) is 26.4 Å². The van der Waals surface area contributed by atoms with Crippen LogP contribution in [0.15, 0.2) is 47.6 Å². The SMILES string of the molecule is COc1cc(CC(=O)CNCC2=NN(CC(NC(C)=O)C(=O)O)CN2C)ccc1NC(=O)Nc1ccccc1C. The fraction of sp³-hybridized carbons (Fsp3) is 0.370. The molecule has 1 unspecified atom stereocenters. The van der Waals surface area contributed by atoms with Crippen molar-refractivity contribution in [1.29, 1.82) is 0 Å². The number of carbonyl (C=O) groups excluding carboxylic acids is 3. The van der Waals surface area contributed by atoms with E-state index in [0.29, 0.717) is 36.2 Å². The van der Waals surface area contributed by atoms with Crippen LogP contribution < -0.4 is 26.0 Å². The minimum atomic E-state index is -1.14. The van der Waals surface area contributed by atoms with Crippen molar-refractivity contribution in [3.05, 3.63) is 53.6 Å². The third-order valence-electron chi connectivity index (χ3n) is 6.06. The van der Waals surface area contributed by atoms with Crippen LogP contribution in [0.2, 0.25) is 0 Å². The van der Waals surface area contributed by atoms with Gasteiger partial charge in [-0.1, -0.05) is 24.3 Å². The molecule has 1 aliphatic rings. The number of hydrogen-bond acceptors (Lipinski definition) is 9. The summed E-state index contributed by atoms with van der Waals surface area (Å²) in [6.45, 7) is 3.93. The molecule has 0 saturated heterocycles. The Morgan fingerprint density at radius 1 is 1.10 bits per heavy atom. The number of hydrazone groups is 1. The number of nitrogens with one attached hydrogen (secondary N) is 4. The molecule has 0 saturated carbocycles. The zero-order valence-electron chi connectivity index (χ0n) is 23.0. The van der Waals surface area contributed by atoms with Gasteiger partial charge in [-0.15, -0.1) is 0 Å². The maximum absolute atomic E-state index is 12.6. The summed E-state index contributed by atoms with van der Waals surface area (Å²) >= 11 is 0. The minimum absolute atomic E-state index is 0.0158. The topological polar surface area (TPSA) is 165 Å². The van der Waals surface area contributed by atoms with Crippen molar-refractivity contribution in [3.8, 4) is 5.75 Å². The maximum atomic E-state index is 12.6. The number of rotatable bonds is 13. The van der Waals surface area contributed by atoms with E-state index in [9.17, 15) is 24.3 Å². The van der Waals surface area contributed by atoms with Gasteiger partial charge in [-0.25, -0.2) is 9.59 Å². The van der Waals surface area contributed by atoms with Gasteiger partial charge in [-0.05, 0) is 36.2 Å². The number of Topliss-reactive ketones (excluding diaryl/α,β-unsaturated/α-hetero) is 1. The van der Waals surface area contributed by atoms with Crippen molar-refractivity contribution < 1.29 is 29.0 Å². The van der Waals surface area contributed by atoms with E-state index in [0.717, 1.165) is 11.1 Å². The fourth-order valence-electron chi connectivity index (χ4n) is 4.05. The number of amidine groups is 1. The highest BCUT2D eigenvalue weighted by molar-refractivity contribution is 6.01. The Bertz CT molecular complexity index is 1280. The number of para-hydroxylation sites is 1. The van der Waals surface area contributed by atoms with Crippen LogP contribution >= 0.6 is 0 Å². The number of ketones is 1. The third kappa shape index (κ3) is 8.70. The largest absolute Gasteiger partial charge is 0.495 e. The molecule has 13 nitrogen and oxygen atoms in total. The average molecular weight is 554 g/mol. The first-order valence-corrected chi connectivity index (χ1v) is 12.6. The summed E-state index contributed by atoms with van der Waals surface area (Å²) in [5.74, 6) is -0.567. The molecular weight excluding hydrogens is 518 g/mol. The number of methoxy groups -OCH3 is 1. The molecule has 3 amide bonds. The lowest BCUT2D eigenvalue weighted by atomic mass is 10.1. The molecule has 0 radical (unpaired) electrons. The fourth-order valence-corrected chi connectivity index (χ4v) is 4.05. The molecule has 40 heavy (non-hydrogen) atoms. The van der Waals surface area contributed by atoms with Crippen LogP contribution in [0.1, 0.15) is 18.1 Å². The molecule has 0 aromatic heterocycles. The second-order valence-electron chi connectivity index (χ2n) is 9.38. The normalized spacial score (nSPS) is 13.3. The quantitative estimate of drug-likeness (QED) is 0.247. The highest BCUT2D eigenvalue weighted by Crippen LogP contribution is 2.26. The molecule has 0 aliphatic carbocycles. The molecule has 1 atom stereocenters. The van der Waals surface area contributed by atoms with Gasteiger partial charge in [0.25, 0.3) is 0 Å². The van der Waals surface area contributed by atoms with Gasteiger partial charge >= 0.3 is 12.0 Å². The van der Waals surface area contributed by atoms with Gasteiger partial charge < -0.3 is 36.0 Å². The number of carbonyl (C=O) groups is 4. The van der Waals surface area contributed by atoms with E-state index in [1.165, 1.54) is 14.0 Å². The third-order valence-corrected chi connectivity index (χ3v) is 6.06. The molecule has 13 heteroatoms. The van der Waals surface area contributed by atoms with Crippen LogP contribution in [0.5, 0.6) is 5.75 Å². The van der Waals surface area contributed by atoms with Crippen molar-refractivity contribution >= 4 is 40.9 Å². The number of anilines is 2. The number of amides is 3. The summed E-state index contributed by atoms with van der Waals surface area (Å²) in [5.41, 5.74) is 2.83. The van der Waals surface area contributed by atoms with Gasteiger partial charge in [0, 0.05) is 26.1 Å². The number of likely N-dealkylation sites (N-methyl/N-ethyl adjacent to an activating group) is 1. The number of urea groups is 1. The highest BCUT2D eigenvalue weighted by Gasteiger charge is 2.26. The molecule has 1 aliphatic heterocycles. The molecule has 3 rings (SSSR count). The summed E-state index contributed by atoms with van der Waals surface area (Å²) < 4.78 is 5.42.